The highest BCUT2D eigenvalue weighted by Gasteiger charge is 2.40. The molecule has 2 fully saturated rings. The summed E-state index contributed by atoms with van der Waals surface area (Å²) in [6.07, 6.45) is -2.49. The summed E-state index contributed by atoms with van der Waals surface area (Å²) in [6, 6.07) is -0.00865. The molecule has 0 saturated carbocycles. The number of hydrogen-bond donors (Lipinski definition) is 0. The van der Waals surface area contributed by atoms with Gasteiger partial charge in [0.25, 0.3) is 0 Å². The molecule has 2 aliphatic heterocycles. The Kier molecular flexibility index (Phi) is 6.27. The minimum Gasteiger partial charge on any atom is -0.383 e. The van der Waals surface area contributed by atoms with Gasteiger partial charge in [-0.05, 0) is 32.4 Å². The van der Waals surface area contributed by atoms with Crippen LogP contribution >= 0.6 is 0 Å². The second-order valence-corrected chi connectivity index (χ2v) is 6.36. The maximum atomic E-state index is 12.7. The van der Waals surface area contributed by atoms with Crippen molar-refractivity contribution in [3.8, 4) is 0 Å². The molecule has 0 bridgehead atoms. The lowest BCUT2D eigenvalue weighted by molar-refractivity contribution is -0.151. The van der Waals surface area contributed by atoms with Crippen LogP contribution in [0, 0.1) is 5.92 Å². The zero-order valence-corrected chi connectivity index (χ0v) is 13.6. The average Bonchev–Trinajstić information content (AvgIpc) is 2.89. The van der Waals surface area contributed by atoms with Crippen LogP contribution in [-0.2, 0) is 14.3 Å². The predicted octanol–water partition coefficient (Wildman–Crippen LogP) is 1.52. The van der Waals surface area contributed by atoms with E-state index in [1.54, 1.807) is 19.1 Å². The van der Waals surface area contributed by atoms with Crippen LogP contribution in [0.1, 0.15) is 19.3 Å². The van der Waals surface area contributed by atoms with Gasteiger partial charge in [-0.1, -0.05) is 0 Å². The summed E-state index contributed by atoms with van der Waals surface area (Å²) in [7, 11) is 3.22. The second-order valence-electron chi connectivity index (χ2n) is 6.36. The summed E-state index contributed by atoms with van der Waals surface area (Å²) in [5, 5.41) is 0. The van der Waals surface area contributed by atoms with Crippen LogP contribution in [0.5, 0.6) is 0 Å². The third-order valence-corrected chi connectivity index (χ3v) is 4.69. The zero-order valence-electron chi connectivity index (χ0n) is 13.6. The molecule has 8 heteroatoms. The van der Waals surface area contributed by atoms with Crippen molar-refractivity contribution in [3.05, 3.63) is 0 Å². The molecule has 2 saturated heterocycles. The summed E-state index contributed by atoms with van der Waals surface area (Å²) in [6.45, 7) is 0.721. The number of amides is 1. The van der Waals surface area contributed by atoms with E-state index in [0.29, 0.717) is 39.1 Å². The zero-order chi connectivity index (χ0) is 17.0. The standard InChI is InChI=1S/C15H25F3N2O3/c1-22-9-12-7-13(23-2)8-20(12)14(21)11-3-5-19(6-4-11)10-15(16,17)18/h11-13H,3-10H2,1-2H3/t12-,13+/m0/s1. The molecule has 0 aromatic heterocycles. The molecule has 0 unspecified atom stereocenters. The molecule has 23 heavy (non-hydrogen) atoms. The Morgan fingerprint density at radius 2 is 1.87 bits per heavy atom. The van der Waals surface area contributed by atoms with Crippen LogP contribution in [0.2, 0.25) is 0 Å². The van der Waals surface area contributed by atoms with Crippen molar-refractivity contribution in [2.75, 3.05) is 47.0 Å². The summed E-state index contributed by atoms with van der Waals surface area (Å²) in [5.74, 6) is -0.173. The lowest BCUT2D eigenvalue weighted by Crippen LogP contribution is -2.47. The minimum absolute atomic E-state index is 0.00409. The number of alkyl halides is 3. The first-order valence-corrected chi connectivity index (χ1v) is 7.95. The van der Waals surface area contributed by atoms with Gasteiger partial charge in [-0.3, -0.25) is 9.69 Å². The van der Waals surface area contributed by atoms with E-state index in [1.807, 2.05) is 0 Å². The number of carbonyl (C=O) groups excluding carboxylic acids is 1. The molecule has 0 aliphatic carbocycles. The van der Waals surface area contributed by atoms with E-state index in [1.165, 1.54) is 4.90 Å². The van der Waals surface area contributed by atoms with Crippen molar-refractivity contribution >= 4 is 5.91 Å². The number of hydrogen-bond acceptors (Lipinski definition) is 4. The Morgan fingerprint density at radius 1 is 1.22 bits per heavy atom. The Labute approximate surface area is 134 Å². The molecule has 0 aromatic rings. The van der Waals surface area contributed by atoms with E-state index < -0.39 is 12.7 Å². The van der Waals surface area contributed by atoms with Crippen molar-refractivity contribution in [2.24, 2.45) is 5.92 Å². The van der Waals surface area contributed by atoms with Crippen LogP contribution in [0.15, 0.2) is 0 Å². The molecule has 1 amide bonds. The highest BCUT2D eigenvalue weighted by molar-refractivity contribution is 5.79. The predicted molar refractivity (Wildman–Crippen MR) is 78.0 cm³/mol. The Hall–Kier alpha value is -0.860. The number of ether oxygens (including phenoxy) is 2. The van der Waals surface area contributed by atoms with E-state index in [2.05, 4.69) is 0 Å². The maximum Gasteiger partial charge on any atom is 0.401 e. The number of halogens is 3. The Bertz CT molecular complexity index is 398. The van der Waals surface area contributed by atoms with E-state index >= 15 is 0 Å². The van der Waals surface area contributed by atoms with Crippen molar-refractivity contribution in [2.45, 2.75) is 37.6 Å². The highest BCUT2D eigenvalue weighted by atomic mass is 19.4. The SMILES string of the molecule is COC[C@@H]1C[C@@H](OC)CN1C(=O)C1CCN(CC(F)(F)F)CC1. The lowest BCUT2D eigenvalue weighted by atomic mass is 9.95. The van der Waals surface area contributed by atoms with Gasteiger partial charge in [0.2, 0.25) is 5.91 Å². The summed E-state index contributed by atoms with van der Waals surface area (Å²) < 4.78 is 47.8. The van der Waals surface area contributed by atoms with E-state index in [4.69, 9.17) is 9.47 Å². The number of methoxy groups -OCH3 is 2. The molecular weight excluding hydrogens is 313 g/mol. The summed E-state index contributed by atoms with van der Waals surface area (Å²) >= 11 is 0. The fourth-order valence-electron chi connectivity index (χ4n) is 3.49. The molecule has 5 nitrogen and oxygen atoms in total. The average molecular weight is 338 g/mol. The van der Waals surface area contributed by atoms with Crippen LogP contribution in [0.25, 0.3) is 0 Å². The molecule has 2 rings (SSSR count). The van der Waals surface area contributed by atoms with Gasteiger partial charge in [-0.2, -0.15) is 13.2 Å². The third kappa shape index (κ3) is 5.06. The Morgan fingerprint density at radius 3 is 2.39 bits per heavy atom. The molecule has 2 atom stereocenters. The van der Waals surface area contributed by atoms with Crippen LogP contribution in [-0.4, -0.2) is 81.0 Å². The van der Waals surface area contributed by atoms with Crippen molar-refractivity contribution in [1.29, 1.82) is 0 Å². The van der Waals surface area contributed by atoms with Gasteiger partial charge in [-0.15, -0.1) is 0 Å². The largest absolute Gasteiger partial charge is 0.401 e. The second kappa shape index (κ2) is 7.81. The van der Waals surface area contributed by atoms with Crippen molar-refractivity contribution < 1.29 is 27.4 Å². The fraction of sp³-hybridized carbons (Fsp3) is 0.933. The van der Waals surface area contributed by atoms with Crippen molar-refractivity contribution in [1.82, 2.24) is 9.80 Å². The first kappa shape index (κ1) is 18.5. The van der Waals surface area contributed by atoms with Gasteiger partial charge in [0.1, 0.15) is 0 Å². The number of rotatable bonds is 5. The van der Waals surface area contributed by atoms with E-state index in [-0.39, 0.29) is 24.0 Å². The normalized spacial score (nSPS) is 27.6. The lowest BCUT2D eigenvalue weighted by Gasteiger charge is -2.34. The van der Waals surface area contributed by atoms with Crippen LogP contribution in [0.3, 0.4) is 0 Å². The summed E-state index contributed by atoms with van der Waals surface area (Å²) in [4.78, 5) is 15.9. The van der Waals surface area contributed by atoms with E-state index in [0.717, 1.165) is 6.42 Å². The minimum atomic E-state index is -4.18. The first-order valence-electron chi connectivity index (χ1n) is 7.95. The quantitative estimate of drug-likeness (QED) is 0.762. The third-order valence-electron chi connectivity index (χ3n) is 4.69. The Balaban J connectivity index is 1.88. The van der Waals surface area contributed by atoms with Gasteiger partial charge in [-0.25, -0.2) is 0 Å². The molecular formula is C15H25F3N2O3. The van der Waals surface area contributed by atoms with Gasteiger partial charge < -0.3 is 14.4 Å². The van der Waals surface area contributed by atoms with Crippen LogP contribution in [0.4, 0.5) is 13.2 Å². The number of piperidine rings is 1. The number of likely N-dealkylation sites (tertiary alicyclic amines) is 2. The molecule has 0 N–H and O–H groups in total. The molecule has 134 valence electrons. The van der Waals surface area contributed by atoms with Gasteiger partial charge in [0.15, 0.2) is 0 Å². The fourth-order valence-corrected chi connectivity index (χ4v) is 3.49. The highest BCUT2D eigenvalue weighted by Crippen LogP contribution is 2.28. The van der Waals surface area contributed by atoms with Crippen molar-refractivity contribution in [3.63, 3.8) is 0 Å². The maximum absolute atomic E-state index is 12.7. The molecule has 2 aliphatic rings. The molecule has 0 radical (unpaired) electrons. The molecule has 0 aromatic carbocycles. The molecule has 2 heterocycles. The van der Waals surface area contributed by atoms with Gasteiger partial charge in [0.05, 0.1) is 25.3 Å². The smallest absolute Gasteiger partial charge is 0.383 e. The first-order chi connectivity index (χ1) is 10.8. The van der Waals surface area contributed by atoms with E-state index in [9.17, 15) is 18.0 Å². The van der Waals surface area contributed by atoms with Gasteiger partial charge >= 0.3 is 6.18 Å². The summed E-state index contributed by atoms with van der Waals surface area (Å²) in [5.41, 5.74) is 0. The number of nitrogens with zero attached hydrogens (tertiary/aromatic N) is 2. The number of carbonyl (C=O) groups is 1. The molecule has 0 spiro atoms. The van der Waals surface area contributed by atoms with Crippen LogP contribution < -0.4 is 0 Å². The monoisotopic (exact) mass is 338 g/mol. The van der Waals surface area contributed by atoms with Gasteiger partial charge in [0, 0.05) is 26.7 Å². The topological polar surface area (TPSA) is 42.0 Å².